The number of aromatic nitrogens is 1. The van der Waals surface area contributed by atoms with Crippen molar-refractivity contribution in [2.24, 2.45) is 4.99 Å². The van der Waals surface area contributed by atoms with Gasteiger partial charge in [0.2, 0.25) is 0 Å². The van der Waals surface area contributed by atoms with Crippen molar-refractivity contribution in [2.45, 2.75) is 38.7 Å². The molecule has 1 aliphatic heterocycles. The number of guanidine groups is 1. The van der Waals surface area contributed by atoms with E-state index < -0.39 is 0 Å². The van der Waals surface area contributed by atoms with Crippen LogP contribution in [0.1, 0.15) is 31.7 Å². The number of ether oxygens (including phenoxy) is 1. The van der Waals surface area contributed by atoms with E-state index in [2.05, 4.69) is 27.5 Å². The number of rotatable bonds is 7. The summed E-state index contributed by atoms with van der Waals surface area (Å²) in [5.74, 6) is 0.622. The Hall–Kier alpha value is -1.35. The van der Waals surface area contributed by atoms with Crippen LogP contribution in [0.25, 0.3) is 10.9 Å². The number of H-pyrrole nitrogens is 1. The molecule has 7 heteroatoms. The van der Waals surface area contributed by atoms with E-state index in [-0.39, 0.29) is 29.8 Å². The minimum absolute atomic E-state index is 0. The molecule has 1 aromatic carbocycles. The van der Waals surface area contributed by atoms with Crippen LogP contribution in [0, 0.1) is 5.82 Å². The molecule has 1 saturated heterocycles. The molecular weight excluding hydrogens is 446 g/mol. The van der Waals surface area contributed by atoms with Crippen LogP contribution in [-0.4, -0.2) is 43.3 Å². The second kappa shape index (κ2) is 10.7. The van der Waals surface area contributed by atoms with Gasteiger partial charge in [0.1, 0.15) is 5.82 Å². The third-order valence-electron chi connectivity index (χ3n) is 4.51. The summed E-state index contributed by atoms with van der Waals surface area (Å²) in [4.78, 5) is 7.81. The highest BCUT2D eigenvalue weighted by Gasteiger charge is 2.14. The largest absolute Gasteiger partial charge is 0.378 e. The second-order valence-corrected chi connectivity index (χ2v) is 6.36. The smallest absolute Gasteiger partial charge is 0.191 e. The van der Waals surface area contributed by atoms with Gasteiger partial charge in [0, 0.05) is 43.3 Å². The van der Waals surface area contributed by atoms with Crippen molar-refractivity contribution in [3.8, 4) is 0 Å². The number of aromatic amines is 1. The van der Waals surface area contributed by atoms with Crippen molar-refractivity contribution in [3.63, 3.8) is 0 Å². The molecule has 2 heterocycles. The first-order valence-electron chi connectivity index (χ1n) is 9.15. The van der Waals surface area contributed by atoms with E-state index in [0.29, 0.717) is 6.10 Å². The van der Waals surface area contributed by atoms with Crippen molar-refractivity contribution in [3.05, 3.63) is 35.8 Å². The maximum absolute atomic E-state index is 13.4. The predicted octanol–water partition coefficient (Wildman–Crippen LogP) is 3.59. The Labute approximate surface area is 171 Å². The third-order valence-corrected chi connectivity index (χ3v) is 4.51. The molecule has 1 aromatic heterocycles. The summed E-state index contributed by atoms with van der Waals surface area (Å²) in [5, 5.41) is 7.57. The predicted molar refractivity (Wildman–Crippen MR) is 115 cm³/mol. The monoisotopic (exact) mass is 474 g/mol. The fourth-order valence-corrected chi connectivity index (χ4v) is 3.21. The van der Waals surface area contributed by atoms with E-state index in [0.717, 1.165) is 74.4 Å². The molecule has 1 atom stereocenters. The molecule has 26 heavy (non-hydrogen) atoms. The Balaban J connectivity index is 0.00000243. The van der Waals surface area contributed by atoms with Gasteiger partial charge in [-0.1, -0.05) is 0 Å². The minimum atomic E-state index is -0.203. The molecule has 0 spiro atoms. The molecule has 0 bridgehead atoms. The van der Waals surface area contributed by atoms with Crippen molar-refractivity contribution in [1.82, 2.24) is 15.6 Å². The summed E-state index contributed by atoms with van der Waals surface area (Å²) in [6.45, 7) is 5.27. The Morgan fingerprint density at radius 1 is 1.38 bits per heavy atom. The quantitative estimate of drug-likeness (QED) is 0.327. The highest BCUT2D eigenvalue weighted by Crippen LogP contribution is 2.19. The van der Waals surface area contributed by atoms with E-state index in [4.69, 9.17) is 4.74 Å². The second-order valence-electron chi connectivity index (χ2n) is 6.36. The Morgan fingerprint density at radius 3 is 3.04 bits per heavy atom. The van der Waals surface area contributed by atoms with Crippen molar-refractivity contribution >= 4 is 40.8 Å². The molecule has 1 fully saturated rings. The zero-order valence-electron chi connectivity index (χ0n) is 15.2. The number of hydrogen-bond acceptors (Lipinski definition) is 2. The lowest BCUT2D eigenvalue weighted by atomic mass is 10.1. The first-order chi connectivity index (χ1) is 12.3. The summed E-state index contributed by atoms with van der Waals surface area (Å²) in [6.07, 6.45) is 6.41. The number of benzene rings is 1. The van der Waals surface area contributed by atoms with E-state index in [1.54, 1.807) is 12.1 Å². The molecule has 144 valence electrons. The summed E-state index contributed by atoms with van der Waals surface area (Å²) < 4.78 is 19.1. The summed E-state index contributed by atoms with van der Waals surface area (Å²) in [7, 11) is 0. The lowest BCUT2D eigenvalue weighted by molar-refractivity contribution is 0.106. The first kappa shape index (κ1) is 21.0. The Morgan fingerprint density at radius 2 is 2.27 bits per heavy atom. The molecule has 0 aliphatic carbocycles. The zero-order chi connectivity index (χ0) is 17.5. The lowest BCUT2D eigenvalue weighted by Gasteiger charge is -2.12. The van der Waals surface area contributed by atoms with E-state index >= 15 is 0 Å². The van der Waals surface area contributed by atoms with Crippen LogP contribution in [0.5, 0.6) is 0 Å². The van der Waals surface area contributed by atoms with Crippen molar-refractivity contribution in [2.75, 3.05) is 26.2 Å². The van der Waals surface area contributed by atoms with Gasteiger partial charge in [0.25, 0.3) is 0 Å². The van der Waals surface area contributed by atoms with Gasteiger partial charge < -0.3 is 20.4 Å². The SMILES string of the molecule is CCNC(=NCCC1CCCO1)NCCc1c[nH]c2ccc(F)cc12.I. The standard InChI is InChI=1S/C19H27FN4O.HI/c1-2-21-19(23-10-8-16-4-3-11-25-16)22-9-7-14-13-24-18-6-5-15(20)12-17(14)18;/h5-6,12-13,16,24H,2-4,7-11H2,1H3,(H2,21,22,23);1H. The minimum Gasteiger partial charge on any atom is -0.378 e. The number of fused-ring (bicyclic) bond motifs is 1. The van der Waals surface area contributed by atoms with Gasteiger partial charge in [0.15, 0.2) is 5.96 Å². The zero-order valence-corrected chi connectivity index (χ0v) is 17.5. The van der Waals surface area contributed by atoms with Crippen LogP contribution in [0.3, 0.4) is 0 Å². The summed E-state index contributed by atoms with van der Waals surface area (Å²) >= 11 is 0. The molecule has 0 saturated carbocycles. The molecule has 1 unspecified atom stereocenters. The average Bonchev–Trinajstić information content (AvgIpc) is 3.25. The Bertz CT molecular complexity index is 713. The maximum Gasteiger partial charge on any atom is 0.191 e. The van der Waals surface area contributed by atoms with Gasteiger partial charge >= 0.3 is 0 Å². The van der Waals surface area contributed by atoms with Gasteiger partial charge in [-0.05, 0) is 56.4 Å². The van der Waals surface area contributed by atoms with Gasteiger partial charge in [0.05, 0.1) is 6.10 Å². The van der Waals surface area contributed by atoms with Gasteiger partial charge in [-0.25, -0.2) is 4.39 Å². The number of nitrogens with zero attached hydrogens (tertiary/aromatic N) is 1. The number of hydrogen-bond donors (Lipinski definition) is 3. The first-order valence-corrected chi connectivity index (χ1v) is 9.15. The van der Waals surface area contributed by atoms with Crippen LogP contribution in [0.2, 0.25) is 0 Å². The maximum atomic E-state index is 13.4. The number of aliphatic imine (C=N–C) groups is 1. The molecule has 1 aliphatic rings. The van der Waals surface area contributed by atoms with E-state index in [9.17, 15) is 4.39 Å². The molecule has 2 aromatic rings. The van der Waals surface area contributed by atoms with Crippen LogP contribution in [0.4, 0.5) is 4.39 Å². The van der Waals surface area contributed by atoms with E-state index in [1.165, 1.54) is 6.07 Å². The topological polar surface area (TPSA) is 61.4 Å². The summed E-state index contributed by atoms with van der Waals surface area (Å²) in [5.41, 5.74) is 2.07. The summed E-state index contributed by atoms with van der Waals surface area (Å²) in [6, 6.07) is 4.84. The van der Waals surface area contributed by atoms with Crippen LogP contribution in [0.15, 0.2) is 29.4 Å². The van der Waals surface area contributed by atoms with Crippen LogP contribution < -0.4 is 10.6 Å². The fourth-order valence-electron chi connectivity index (χ4n) is 3.21. The van der Waals surface area contributed by atoms with Crippen LogP contribution in [-0.2, 0) is 11.2 Å². The lowest BCUT2D eigenvalue weighted by Crippen LogP contribution is -2.38. The van der Waals surface area contributed by atoms with Crippen LogP contribution >= 0.6 is 24.0 Å². The fraction of sp³-hybridized carbons (Fsp3) is 0.526. The Kier molecular flexibility index (Phi) is 8.64. The van der Waals surface area contributed by atoms with Gasteiger partial charge in [-0.3, -0.25) is 4.99 Å². The van der Waals surface area contributed by atoms with Crippen molar-refractivity contribution < 1.29 is 9.13 Å². The van der Waals surface area contributed by atoms with E-state index in [1.807, 2.05) is 6.20 Å². The normalized spacial score (nSPS) is 17.3. The number of halogens is 2. The van der Waals surface area contributed by atoms with Gasteiger partial charge in [-0.2, -0.15) is 0 Å². The highest BCUT2D eigenvalue weighted by atomic mass is 127. The number of nitrogens with one attached hydrogen (secondary N) is 3. The highest BCUT2D eigenvalue weighted by molar-refractivity contribution is 14.0. The van der Waals surface area contributed by atoms with Crippen molar-refractivity contribution in [1.29, 1.82) is 0 Å². The van der Waals surface area contributed by atoms with Gasteiger partial charge in [-0.15, -0.1) is 24.0 Å². The molecular formula is C19H28FIN4O. The average molecular weight is 474 g/mol. The third kappa shape index (κ3) is 5.84. The molecule has 0 radical (unpaired) electrons. The molecule has 3 rings (SSSR count). The molecule has 0 amide bonds. The molecule has 3 N–H and O–H groups in total. The molecule has 5 nitrogen and oxygen atoms in total.